The van der Waals surface area contributed by atoms with Crippen LogP contribution in [0.2, 0.25) is 5.02 Å². The monoisotopic (exact) mass is 239 g/mol. The van der Waals surface area contributed by atoms with Crippen molar-refractivity contribution in [3.63, 3.8) is 0 Å². The third-order valence-corrected chi connectivity index (χ3v) is 2.37. The van der Waals surface area contributed by atoms with Crippen molar-refractivity contribution < 1.29 is 4.74 Å². The molecule has 0 heterocycles. The van der Waals surface area contributed by atoms with Gasteiger partial charge in [0.05, 0.1) is 11.6 Å². The van der Waals surface area contributed by atoms with E-state index in [9.17, 15) is 0 Å². The van der Waals surface area contributed by atoms with Gasteiger partial charge in [0.2, 0.25) is 0 Å². The fourth-order valence-electron chi connectivity index (χ4n) is 1.30. The molecule has 0 aliphatic heterocycles. The minimum atomic E-state index is 0.673. The van der Waals surface area contributed by atoms with Crippen LogP contribution >= 0.6 is 11.6 Å². The molecule has 0 amide bonds. The zero-order valence-corrected chi connectivity index (χ0v) is 10.4. The van der Waals surface area contributed by atoms with Crippen molar-refractivity contribution in [2.45, 2.75) is 19.9 Å². The van der Waals surface area contributed by atoms with Gasteiger partial charge in [-0.2, -0.15) is 0 Å². The lowest BCUT2D eigenvalue weighted by atomic mass is 10.2. The zero-order chi connectivity index (χ0) is 11.8. The molecule has 0 saturated heterocycles. The highest BCUT2D eigenvalue weighted by atomic mass is 35.5. The van der Waals surface area contributed by atoms with E-state index >= 15 is 0 Å². The molecule has 88 valence electrons. The number of nitrogens with one attached hydrogen (secondary N) is 1. The molecule has 0 atom stereocenters. The second kappa shape index (κ2) is 7.31. The first-order valence-electron chi connectivity index (χ1n) is 5.50. The van der Waals surface area contributed by atoms with Crippen molar-refractivity contribution in [3.05, 3.63) is 41.4 Å². The third kappa shape index (κ3) is 4.25. The van der Waals surface area contributed by atoms with Crippen molar-refractivity contribution in [2.75, 3.05) is 13.2 Å². The Morgan fingerprint density at radius 3 is 2.94 bits per heavy atom. The van der Waals surface area contributed by atoms with E-state index in [1.54, 1.807) is 0 Å². The maximum atomic E-state index is 6.11. The van der Waals surface area contributed by atoms with Gasteiger partial charge in [-0.25, -0.2) is 0 Å². The summed E-state index contributed by atoms with van der Waals surface area (Å²) in [5.74, 6) is 0.760. The average molecular weight is 240 g/mol. The van der Waals surface area contributed by atoms with Gasteiger partial charge in [-0.15, -0.1) is 6.58 Å². The minimum absolute atomic E-state index is 0.673. The quantitative estimate of drug-likeness (QED) is 0.582. The van der Waals surface area contributed by atoms with E-state index in [1.165, 1.54) is 0 Å². The Bertz CT molecular complexity index is 339. The largest absolute Gasteiger partial charge is 0.492 e. The molecule has 1 rings (SSSR count). The van der Waals surface area contributed by atoms with Crippen molar-refractivity contribution in [1.29, 1.82) is 0 Å². The molecular weight excluding hydrogens is 222 g/mol. The fourth-order valence-corrected chi connectivity index (χ4v) is 1.56. The van der Waals surface area contributed by atoms with Crippen LogP contribution in [0.5, 0.6) is 5.75 Å². The molecule has 1 N–H and O–H groups in total. The topological polar surface area (TPSA) is 21.3 Å². The van der Waals surface area contributed by atoms with E-state index < -0.39 is 0 Å². The highest BCUT2D eigenvalue weighted by Gasteiger charge is 2.02. The fraction of sp³-hybridized carbons (Fsp3) is 0.385. The lowest BCUT2D eigenvalue weighted by molar-refractivity contribution is 0.317. The minimum Gasteiger partial charge on any atom is -0.492 e. The first-order valence-corrected chi connectivity index (χ1v) is 5.88. The van der Waals surface area contributed by atoms with Gasteiger partial charge in [0.25, 0.3) is 0 Å². The molecule has 0 unspecified atom stereocenters. The van der Waals surface area contributed by atoms with Crippen LogP contribution in [-0.4, -0.2) is 13.2 Å². The van der Waals surface area contributed by atoms with Crippen LogP contribution in [0.4, 0.5) is 0 Å². The van der Waals surface area contributed by atoms with Crippen LogP contribution in [-0.2, 0) is 6.54 Å². The summed E-state index contributed by atoms with van der Waals surface area (Å²) < 4.78 is 5.50. The van der Waals surface area contributed by atoms with Crippen molar-refractivity contribution in [3.8, 4) is 5.75 Å². The average Bonchev–Trinajstić information content (AvgIpc) is 2.28. The van der Waals surface area contributed by atoms with Gasteiger partial charge in [-0.1, -0.05) is 30.7 Å². The number of benzene rings is 1. The SMILES string of the molecule is C=CCNCc1ccc(OCCC)c(Cl)c1. The number of hydrogen-bond acceptors (Lipinski definition) is 2. The van der Waals surface area contributed by atoms with Gasteiger partial charge in [0.15, 0.2) is 0 Å². The van der Waals surface area contributed by atoms with Gasteiger partial charge >= 0.3 is 0 Å². The molecule has 16 heavy (non-hydrogen) atoms. The smallest absolute Gasteiger partial charge is 0.137 e. The molecule has 0 radical (unpaired) electrons. The van der Waals surface area contributed by atoms with E-state index in [-0.39, 0.29) is 0 Å². The van der Waals surface area contributed by atoms with Gasteiger partial charge in [0.1, 0.15) is 5.75 Å². The highest BCUT2D eigenvalue weighted by molar-refractivity contribution is 6.32. The predicted molar refractivity (Wildman–Crippen MR) is 69.1 cm³/mol. The molecule has 3 heteroatoms. The summed E-state index contributed by atoms with van der Waals surface area (Å²) in [4.78, 5) is 0. The molecule has 0 bridgehead atoms. The van der Waals surface area contributed by atoms with E-state index in [1.807, 2.05) is 24.3 Å². The van der Waals surface area contributed by atoms with Crippen LogP contribution in [0, 0.1) is 0 Å². The number of ether oxygens (including phenoxy) is 1. The van der Waals surface area contributed by atoms with Gasteiger partial charge in [-0.3, -0.25) is 0 Å². The summed E-state index contributed by atoms with van der Waals surface area (Å²) in [6.45, 7) is 8.01. The van der Waals surface area contributed by atoms with Crippen molar-refractivity contribution in [1.82, 2.24) is 5.32 Å². The Kier molecular flexibility index (Phi) is 5.98. The van der Waals surface area contributed by atoms with Crippen LogP contribution in [0.15, 0.2) is 30.9 Å². The molecule has 2 nitrogen and oxygen atoms in total. The van der Waals surface area contributed by atoms with Crippen LogP contribution in [0.1, 0.15) is 18.9 Å². The summed E-state index contributed by atoms with van der Waals surface area (Å²) in [5.41, 5.74) is 1.15. The van der Waals surface area contributed by atoms with Gasteiger partial charge in [0, 0.05) is 13.1 Å². The second-order valence-electron chi connectivity index (χ2n) is 3.53. The Balaban J connectivity index is 2.56. The number of halogens is 1. The Morgan fingerprint density at radius 2 is 2.31 bits per heavy atom. The standard InChI is InChI=1S/C13H18ClNO/c1-3-7-15-10-11-5-6-13(12(14)9-11)16-8-4-2/h3,5-6,9,15H,1,4,7-8,10H2,2H3. The molecule has 1 aromatic rings. The molecule has 0 aliphatic rings. The Morgan fingerprint density at radius 1 is 1.50 bits per heavy atom. The van der Waals surface area contributed by atoms with Gasteiger partial charge < -0.3 is 10.1 Å². The van der Waals surface area contributed by atoms with E-state index in [0.29, 0.717) is 11.6 Å². The van der Waals surface area contributed by atoms with Gasteiger partial charge in [-0.05, 0) is 24.1 Å². The summed E-state index contributed by atoms with van der Waals surface area (Å²) in [6.07, 6.45) is 2.82. The summed E-state index contributed by atoms with van der Waals surface area (Å²) in [7, 11) is 0. The van der Waals surface area contributed by atoms with E-state index in [2.05, 4.69) is 18.8 Å². The van der Waals surface area contributed by atoms with Crippen molar-refractivity contribution in [2.24, 2.45) is 0 Å². The number of hydrogen-bond donors (Lipinski definition) is 1. The maximum absolute atomic E-state index is 6.11. The molecule has 0 saturated carbocycles. The van der Waals surface area contributed by atoms with E-state index in [0.717, 1.165) is 30.8 Å². The predicted octanol–water partition coefficient (Wildman–Crippen LogP) is 3.40. The molecule has 0 fully saturated rings. The second-order valence-corrected chi connectivity index (χ2v) is 3.94. The highest BCUT2D eigenvalue weighted by Crippen LogP contribution is 2.25. The molecule has 0 aromatic heterocycles. The van der Waals surface area contributed by atoms with Crippen LogP contribution in [0.3, 0.4) is 0 Å². The van der Waals surface area contributed by atoms with Crippen LogP contribution < -0.4 is 10.1 Å². The lowest BCUT2D eigenvalue weighted by Crippen LogP contribution is -2.12. The zero-order valence-electron chi connectivity index (χ0n) is 9.63. The maximum Gasteiger partial charge on any atom is 0.137 e. The normalized spacial score (nSPS) is 10.1. The third-order valence-electron chi connectivity index (χ3n) is 2.08. The first kappa shape index (κ1) is 13.1. The molecular formula is C13H18ClNO. The van der Waals surface area contributed by atoms with E-state index in [4.69, 9.17) is 16.3 Å². The Labute approximate surface area is 102 Å². The summed E-state index contributed by atoms with van der Waals surface area (Å²) >= 11 is 6.11. The summed E-state index contributed by atoms with van der Waals surface area (Å²) in [6, 6.07) is 5.87. The Hall–Kier alpha value is -0.990. The molecule has 1 aromatic carbocycles. The van der Waals surface area contributed by atoms with Crippen LogP contribution in [0.25, 0.3) is 0 Å². The summed E-state index contributed by atoms with van der Waals surface area (Å²) in [5, 5.41) is 3.90. The first-order chi connectivity index (χ1) is 7.77. The lowest BCUT2D eigenvalue weighted by Gasteiger charge is -2.08. The van der Waals surface area contributed by atoms with Crippen molar-refractivity contribution >= 4 is 11.6 Å². The molecule has 0 aliphatic carbocycles. The number of rotatable bonds is 7. The molecule has 0 spiro atoms.